The fourth-order valence-electron chi connectivity index (χ4n) is 2.82. The van der Waals surface area contributed by atoms with E-state index >= 15 is 0 Å². The van der Waals surface area contributed by atoms with E-state index in [1.165, 1.54) is 9.80 Å². The lowest BCUT2D eigenvalue weighted by Gasteiger charge is -2.40. The largest absolute Gasteiger partial charge is 0.480 e. The SMILES string of the molecule is CC(C)(C)OC(=O)N1CCN(C(=O)N2CCCC2)CC1C(=O)O. The van der Waals surface area contributed by atoms with E-state index in [0.29, 0.717) is 19.6 Å². The zero-order valence-corrected chi connectivity index (χ0v) is 13.9. The van der Waals surface area contributed by atoms with Crippen molar-refractivity contribution < 1.29 is 24.2 Å². The van der Waals surface area contributed by atoms with Crippen LogP contribution in [0.2, 0.25) is 0 Å². The lowest BCUT2D eigenvalue weighted by Crippen LogP contribution is -2.61. The summed E-state index contributed by atoms with van der Waals surface area (Å²) >= 11 is 0. The highest BCUT2D eigenvalue weighted by Crippen LogP contribution is 2.18. The predicted molar refractivity (Wildman–Crippen MR) is 82.1 cm³/mol. The Morgan fingerprint density at radius 2 is 1.61 bits per heavy atom. The van der Waals surface area contributed by atoms with Gasteiger partial charge in [-0.25, -0.2) is 14.4 Å². The molecule has 2 heterocycles. The van der Waals surface area contributed by atoms with Crippen LogP contribution in [0.1, 0.15) is 33.6 Å². The maximum absolute atomic E-state index is 12.4. The number of carbonyl (C=O) groups is 3. The Hall–Kier alpha value is -1.99. The minimum Gasteiger partial charge on any atom is -0.480 e. The van der Waals surface area contributed by atoms with Gasteiger partial charge in [-0.05, 0) is 33.6 Å². The molecule has 0 aliphatic carbocycles. The molecule has 130 valence electrons. The Morgan fingerprint density at radius 3 is 2.13 bits per heavy atom. The molecule has 8 heteroatoms. The van der Waals surface area contributed by atoms with Gasteiger partial charge in [-0.15, -0.1) is 0 Å². The van der Waals surface area contributed by atoms with Gasteiger partial charge >= 0.3 is 18.1 Å². The van der Waals surface area contributed by atoms with Crippen LogP contribution >= 0.6 is 0 Å². The van der Waals surface area contributed by atoms with Crippen molar-refractivity contribution in [3.63, 3.8) is 0 Å². The van der Waals surface area contributed by atoms with Crippen LogP contribution in [0.25, 0.3) is 0 Å². The first-order valence-electron chi connectivity index (χ1n) is 7.95. The van der Waals surface area contributed by atoms with Crippen LogP contribution in [-0.4, -0.2) is 82.3 Å². The zero-order valence-electron chi connectivity index (χ0n) is 13.9. The van der Waals surface area contributed by atoms with Crippen molar-refractivity contribution in [1.29, 1.82) is 0 Å². The molecule has 0 aromatic rings. The Bertz CT molecular complexity index is 482. The lowest BCUT2D eigenvalue weighted by atomic mass is 10.1. The molecule has 0 radical (unpaired) electrons. The van der Waals surface area contributed by atoms with Crippen molar-refractivity contribution in [2.45, 2.75) is 45.3 Å². The molecule has 8 nitrogen and oxygen atoms in total. The van der Waals surface area contributed by atoms with E-state index in [1.54, 1.807) is 25.7 Å². The molecule has 2 rings (SSSR count). The first-order valence-corrected chi connectivity index (χ1v) is 7.95. The van der Waals surface area contributed by atoms with E-state index < -0.39 is 23.7 Å². The van der Waals surface area contributed by atoms with Gasteiger partial charge in [0.2, 0.25) is 0 Å². The third-order valence-corrected chi connectivity index (χ3v) is 3.94. The molecule has 3 amide bonds. The van der Waals surface area contributed by atoms with Crippen molar-refractivity contribution >= 4 is 18.1 Å². The fraction of sp³-hybridized carbons (Fsp3) is 0.800. The number of rotatable bonds is 1. The first kappa shape index (κ1) is 17.4. The van der Waals surface area contributed by atoms with E-state index in [9.17, 15) is 19.5 Å². The Morgan fingerprint density at radius 1 is 1.00 bits per heavy atom. The Balaban J connectivity index is 2.04. The molecule has 2 aliphatic heterocycles. The number of ether oxygens (including phenoxy) is 1. The molecule has 1 unspecified atom stereocenters. The average molecular weight is 327 g/mol. The third kappa shape index (κ3) is 4.27. The predicted octanol–water partition coefficient (Wildman–Crippen LogP) is 1.21. The quantitative estimate of drug-likeness (QED) is 0.782. The summed E-state index contributed by atoms with van der Waals surface area (Å²) in [6, 6.07) is -1.22. The van der Waals surface area contributed by atoms with Crippen LogP contribution in [0.5, 0.6) is 0 Å². The smallest absolute Gasteiger partial charge is 0.411 e. The topological polar surface area (TPSA) is 90.4 Å². The van der Waals surface area contributed by atoms with Gasteiger partial charge in [0.15, 0.2) is 6.04 Å². The van der Waals surface area contributed by atoms with Gasteiger partial charge in [-0.2, -0.15) is 0 Å². The van der Waals surface area contributed by atoms with Crippen LogP contribution in [-0.2, 0) is 9.53 Å². The van der Waals surface area contributed by atoms with E-state index in [-0.39, 0.29) is 19.1 Å². The summed E-state index contributed by atoms with van der Waals surface area (Å²) in [6.45, 7) is 7.08. The standard InChI is InChI=1S/C15H25N3O5/c1-15(2,3)23-14(22)18-9-8-17(10-11(18)12(19)20)13(21)16-6-4-5-7-16/h11H,4-10H2,1-3H3,(H,19,20). The number of amides is 3. The molecule has 1 N–H and O–H groups in total. The van der Waals surface area contributed by atoms with Crippen LogP contribution < -0.4 is 0 Å². The molecule has 2 aliphatic rings. The molecule has 0 aromatic heterocycles. The summed E-state index contributed by atoms with van der Waals surface area (Å²) in [6.07, 6.45) is 1.30. The summed E-state index contributed by atoms with van der Waals surface area (Å²) in [5, 5.41) is 9.42. The summed E-state index contributed by atoms with van der Waals surface area (Å²) in [5.74, 6) is -1.13. The van der Waals surface area contributed by atoms with E-state index in [4.69, 9.17) is 4.74 Å². The molecule has 2 saturated heterocycles. The second-order valence-corrected chi connectivity index (χ2v) is 6.95. The van der Waals surface area contributed by atoms with Gasteiger partial charge in [0.25, 0.3) is 0 Å². The molecule has 0 aromatic carbocycles. The minimum atomic E-state index is -1.13. The van der Waals surface area contributed by atoms with Crippen molar-refractivity contribution in [3.8, 4) is 0 Å². The monoisotopic (exact) mass is 327 g/mol. The fourth-order valence-corrected chi connectivity index (χ4v) is 2.82. The van der Waals surface area contributed by atoms with Gasteiger partial charge in [-0.3, -0.25) is 4.90 Å². The van der Waals surface area contributed by atoms with Crippen molar-refractivity contribution in [1.82, 2.24) is 14.7 Å². The summed E-state index contributed by atoms with van der Waals surface area (Å²) in [5.41, 5.74) is -0.692. The average Bonchev–Trinajstić information content (AvgIpc) is 2.98. The number of urea groups is 1. The molecule has 0 spiro atoms. The first-order chi connectivity index (χ1) is 10.7. The van der Waals surface area contributed by atoms with Crippen molar-refractivity contribution in [3.05, 3.63) is 0 Å². The lowest BCUT2D eigenvalue weighted by molar-refractivity contribution is -0.145. The molecule has 0 bridgehead atoms. The number of aliphatic carboxylic acids is 1. The number of carboxylic acid groups (broad SMARTS) is 1. The van der Waals surface area contributed by atoms with Crippen molar-refractivity contribution in [2.24, 2.45) is 0 Å². The third-order valence-electron chi connectivity index (χ3n) is 3.94. The number of piperazine rings is 1. The van der Waals surface area contributed by atoms with Crippen LogP contribution in [0.3, 0.4) is 0 Å². The van der Waals surface area contributed by atoms with Gasteiger partial charge in [0, 0.05) is 26.2 Å². The summed E-state index contributed by atoms with van der Waals surface area (Å²) < 4.78 is 5.26. The second kappa shape index (κ2) is 6.64. The molecule has 1 atom stereocenters. The maximum atomic E-state index is 12.4. The van der Waals surface area contributed by atoms with Crippen LogP contribution in [0.4, 0.5) is 9.59 Å². The normalized spacial score (nSPS) is 22.2. The van der Waals surface area contributed by atoms with Gasteiger partial charge in [0.1, 0.15) is 5.60 Å². The highest BCUT2D eigenvalue weighted by Gasteiger charge is 2.40. The summed E-state index contributed by atoms with van der Waals surface area (Å²) in [4.78, 5) is 40.6. The van der Waals surface area contributed by atoms with E-state index in [0.717, 1.165) is 12.8 Å². The van der Waals surface area contributed by atoms with Gasteiger partial charge in [0.05, 0.1) is 6.54 Å². The molecule has 0 saturated carbocycles. The Labute approximate surface area is 136 Å². The highest BCUT2D eigenvalue weighted by molar-refractivity contribution is 5.82. The van der Waals surface area contributed by atoms with Gasteiger partial charge < -0.3 is 19.6 Å². The number of hydrogen-bond acceptors (Lipinski definition) is 4. The maximum Gasteiger partial charge on any atom is 0.411 e. The number of nitrogens with zero attached hydrogens (tertiary/aromatic N) is 3. The molecular formula is C15H25N3O5. The van der Waals surface area contributed by atoms with Crippen LogP contribution in [0, 0.1) is 0 Å². The van der Waals surface area contributed by atoms with E-state index in [1.807, 2.05) is 0 Å². The molecular weight excluding hydrogens is 302 g/mol. The molecule has 23 heavy (non-hydrogen) atoms. The highest BCUT2D eigenvalue weighted by atomic mass is 16.6. The molecule has 2 fully saturated rings. The Kier molecular flexibility index (Phi) is 5.01. The second-order valence-electron chi connectivity index (χ2n) is 6.95. The number of likely N-dealkylation sites (tertiary alicyclic amines) is 1. The summed E-state index contributed by atoms with van der Waals surface area (Å²) in [7, 11) is 0. The van der Waals surface area contributed by atoms with Crippen LogP contribution in [0.15, 0.2) is 0 Å². The van der Waals surface area contributed by atoms with Gasteiger partial charge in [-0.1, -0.05) is 0 Å². The zero-order chi connectivity index (χ0) is 17.2. The number of carboxylic acids is 1. The minimum absolute atomic E-state index is 0.0100. The van der Waals surface area contributed by atoms with Crippen molar-refractivity contribution in [2.75, 3.05) is 32.7 Å². The van der Waals surface area contributed by atoms with E-state index in [2.05, 4.69) is 0 Å². The number of carbonyl (C=O) groups excluding carboxylic acids is 2. The number of hydrogen-bond donors (Lipinski definition) is 1.